The summed E-state index contributed by atoms with van der Waals surface area (Å²) in [7, 11) is 0. The maximum absolute atomic E-state index is 3.69. The zero-order valence-corrected chi connectivity index (χ0v) is 13.2. The largest absolute Gasteiger partial charge is 0.298 e. The molecule has 2 heteroatoms. The number of nitrogens with zero attached hydrogens (tertiary/aromatic N) is 1. The van der Waals surface area contributed by atoms with Crippen molar-refractivity contribution >= 4 is 15.9 Å². The van der Waals surface area contributed by atoms with Crippen LogP contribution in [0.4, 0.5) is 0 Å². The molecule has 1 saturated heterocycles. The first-order valence-electron chi connectivity index (χ1n) is 6.68. The topological polar surface area (TPSA) is 3.24 Å². The zero-order valence-electron chi connectivity index (χ0n) is 11.6. The van der Waals surface area contributed by atoms with E-state index >= 15 is 0 Å². The van der Waals surface area contributed by atoms with Crippen LogP contribution in [0.2, 0.25) is 0 Å². The molecular formula is C14H28BrN. The molecule has 1 heterocycles. The van der Waals surface area contributed by atoms with Crippen LogP contribution in [-0.4, -0.2) is 28.9 Å². The number of hydrogen-bond acceptors (Lipinski definition) is 1. The third kappa shape index (κ3) is 3.73. The van der Waals surface area contributed by atoms with Crippen molar-refractivity contribution < 1.29 is 0 Å². The fraction of sp³-hybridized carbons (Fsp3) is 1.00. The average molecular weight is 290 g/mol. The van der Waals surface area contributed by atoms with E-state index in [1.165, 1.54) is 25.8 Å². The molecule has 1 fully saturated rings. The van der Waals surface area contributed by atoms with Crippen LogP contribution in [-0.2, 0) is 0 Å². The lowest BCUT2D eigenvalue weighted by Gasteiger charge is -2.43. The molecule has 0 aromatic carbocycles. The number of piperidine rings is 1. The Kier molecular flexibility index (Phi) is 5.31. The number of likely N-dealkylation sites (tertiary alicyclic amines) is 1. The van der Waals surface area contributed by atoms with Gasteiger partial charge in [0.15, 0.2) is 0 Å². The highest BCUT2D eigenvalue weighted by Crippen LogP contribution is 2.31. The van der Waals surface area contributed by atoms with E-state index in [1.54, 1.807) is 0 Å². The van der Waals surface area contributed by atoms with Crippen molar-refractivity contribution in [1.82, 2.24) is 4.90 Å². The van der Waals surface area contributed by atoms with Crippen LogP contribution in [0.15, 0.2) is 0 Å². The quantitative estimate of drug-likeness (QED) is 0.700. The van der Waals surface area contributed by atoms with E-state index in [2.05, 4.69) is 55.4 Å². The summed E-state index contributed by atoms with van der Waals surface area (Å²) >= 11 is 3.69. The molecule has 1 aliphatic heterocycles. The van der Waals surface area contributed by atoms with Gasteiger partial charge in [0.05, 0.1) is 0 Å². The summed E-state index contributed by atoms with van der Waals surface area (Å²) in [4.78, 5) is 2.72. The van der Waals surface area contributed by atoms with Gasteiger partial charge in [0.2, 0.25) is 0 Å². The van der Waals surface area contributed by atoms with Gasteiger partial charge in [-0.3, -0.25) is 4.90 Å². The zero-order chi connectivity index (χ0) is 12.3. The van der Waals surface area contributed by atoms with Crippen LogP contribution < -0.4 is 0 Å². The summed E-state index contributed by atoms with van der Waals surface area (Å²) in [6.07, 6.45) is 4.17. The van der Waals surface area contributed by atoms with Crippen molar-refractivity contribution in [3.63, 3.8) is 0 Å². The highest BCUT2D eigenvalue weighted by Gasteiger charge is 2.31. The maximum atomic E-state index is 3.69. The van der Waals surface area contributed by atoms with E-state index in [0.29, 0.717) is 5.41 Å². The molecule has 0 saturated carbocycles. The highest BCUT2D eigenvalue weighted by molar-refractivity contribution is 9.09. The van der Waals surface area contributed by atoms with Gasteiger partial charge >= 0.3 is 0 Å². The number of halogens is 1. The summed E-state index contributed by atoms with van der Waals surface area (Å²) in [5.41, 5.74) is 0.403. The lowest BCUT2D eigenvalue weighted by molar-refractivity contribution is 0.0635. The van der Waals surface area contributed by atoms with Gasteiger partial charge in [-0.1, -0.05) is 43.1 Å². The Morgan fingerprint density at radius 2 is 1.69 bits per heavy atom. The maximum Gasteiger partial charge on any atom is 0.00768 e. The van der Waals surface area contributed by atoms with Crippen molar-refractivity contribution in [3.05, 3.63) is 0 Å². The van der Waals surface area contributed by atoms with Crippen molar-refractivity contribution in [2.24, 2.45) is 11.3 Å². The SMILES string of the molecule is CC1CCCC(C)N1CC(CBr)C(C)(C)C. The van der Waals surface area contributed by atoms with Crippen molar-refractivity contribution in [2.75, 3.05) is 11.9 Å². The molecule has 3 unspecified atom stereocenters. The molecule has 0 N–H and O–H groups in total. The second-order valence-corrected chi connectivity index (χ2v) is 7.19. The van der Waals surface area contributed by atoms with Gasteiger partial charge in [-0.25, -0.2) is 0 Å². The van der Waals surface area contributed by atoms with E-state index < -0.39 is 0 Å². The van der Waals surface area contributed by atoms with Gasteiger partial charge in [-0.05, 0) is 38.0 Å². The molecule has 16 heavy (non-hydrogen) atoms. The molecule has 0 aromatic rings. The van der Waals surface area contributed by atoms with Gasteiger partial charge in [0.1, 0.15) is 0 Å². The van der Waals surface area contributed by atoms with E-state index in [0.717, 1.165) is 23.3 Å². The summed E-state index contributed by atoms with van der Waals surface area (Å²) < 4.78 is 0. The minimum atomic E-state index is 0.403. The Hall–Kier alpha value is 0.440. The van der Waals surface area contributed by atoms with Crippen LogP contribution >= 0.6 is 15.9 Å². The van der Waals surface area contributed by atoms with Gasteiger partial charge < -0.3 is 0 Å². The van der Waals surface area contributed by atoms with Gasteiger partial charge in [-0.15, -0.1) is 0 Å². The smallest absolute Gasteiger partial charge is 0.00768 e. The minimum absolute atomic E-state index is 0.403. The molecule has 0 spiro atoms. The first-order valence-corrected chi connectivity index (χ1v) is 7.80. The summed E-state index contributed by atoms with van der Waals surface area (Å²) in [6, 6.07) is 1.54. The van der Waals surface area contributed by atoms with Crippen molar-refractivity contribution in [3.8, 4) is 0 Å². The van der Waals surface area contributed by atoms with Crippen LogP contribution in [0.25, 0.3) is 0 Å². The molecule has 96 valence electrons. The van der Waals surface area contributed by atoms with E-state index in [9.17, 15) is 0 Å². The molecule has 3 atom stereocenters. The third-order valence-corrected chi connectivity index (χ3v) is 5.00. The minimum Gasteiger partial charge on any atom is -0.298 e. The Labute approximate surface area is 110 Å². The van der Waals surface area contributed by atoms with Crippen LogP contribution in [0.5, 0.6) is 0 Å². The van der Waals surface area contributed by atoms with E-state index in [1.807, 2.05) is 0 Å². The van der Waals surface area contributed by atoms with Crippen molar-refractivity contribution in [2.45, 2.75) is 66.0 Å². The molecule has 0 aliphatic carbocycles. The third-order valence-electron chi connectivity index (χ3n) is 4.22. The summed E-state index contributed by atoms with van der Waals surface area (Å²) in [6.45, 7) is 13.1. The van der Waals surface area contributed by atoms with Gasteiger partial charge in [-0.2, -0.15) is 0 Å². The van der Waals surface area contributed by atoms with E-state index in [4.69, 9.17) is 0 Å². The Morgan fingerprint density at radius 3 is 2.06 bits per heavy atom. The van der Waals surface area contributed by atoms with E-state index in [-0.39, 0.29) is 0 Å². The highest BCUT2D eigenvalue weighted by atomic mass is 79.9. The lowest BCUT2D eigenvalue weighted by Crippen LogP contribution is -2.48. The fourth-order valence-electron chi connectivity index (χ4n) is 2.64. The standard InChI is InChI=1S/C14H28BrN/c1-11-7-6-8-12(2)16(11)10-13(9-15)14(3,4)5/h11-13H,6-10H2,1-5H3. The van der Waals surface area contributed by atoms with Crippen LogP contribution in [0.3, 0.4) is 0 Å². The molecule has 1 nitrogen and oxygen atoms in total. The average Bonchev–Trinajstić information content (AvgIpc) is 2.15. The molecule has 0 aromatic heterocycles. The fourth-order valence-corrected chi connectivity index (χ4v) is 3.82. The predicted molar refractivity (Wildman–Crippen MR) is 76.2 cm³/mol. The second kappa shape index (κ2) is 5.86. The number of rotatable bonds is 3. The Balaban J connectivity index is 2.62. The first kappa shape index (κ1) is 14.5. The first-order chi connectivity index (χ1) is 7.36. The predicted octanol–water partition coefficient (Wildman–Crippen LogP) is 4.31. The monoisotopic (exact) mass is 289 g/mol. The number of hydrogen-bond donors (Lipinski definition) is 0. The Morgan fingerprint density at radius 1 is 1.19 bits per heavy atom. The molecule has 0 amide bonds. The molecule has 0 bridgehead atoms. The molecular weight excluding hydrogens is 262 g/mol. The Bertz CT molecular complexity index is 199. The number of alkyl halides is 1. The van der Waals surface area contributed by atoms with Crippen LogP contribution in [0.1, 0.15) is 53.9 Å². The van der Waals surface area contributed by atoms with Crippen LogP contribution in [0, 0.1) is 11.3 Å². The van der Waals surface area contributed by atoms with Gasteiger partial charge in [0.25, 0.3) is 0 Å². The lowest BCUT2D eigenvalue weighted by atomic mass is 9.81. The molecule has 1 aliphatic rings. The summed E-state index contributed by atoms with van der Waals surface area (Å²) in [5, 5.41) is 1.12. The van der Waals surface area contributed by atoms with Gasteiger partial charge in [0, 0.05) is 24.0 Å². The second-order valence-electron chi connectivity index (χ2n) is 6.54. The normalized spacial score (nSPS) is 30.4. The molecule has 0 radical (unpaired) electrons. The molecule has 1 rings (SSSR count). The summed E-state index contributed by atoms with van der Waals surface area (Å²) in [5.74, 6) is 0.746. The van der Waals surface area contributed by atoms with Crippen molar-refractivity contribution in [1.29, 1.82) is 0 Å².